The Morgan fingerprint density at radius 2 is 2.50 bits per heavy atom. The summed E-state index contributed by atoms with van der Waals surface area (Å²) in [6.07, 6.45) is 4.23. The maximum atomic E-state index is 11.2. The molecule has 0 bridgehead atoms. The second-order valence-corrected chi connectivity index (χ2v) is 2.67. The molecule has 1 aromatic heterocycles. The van der Waals surface area contributed by atoms with Gasteiger partial charge in [0.15, 0.2) is 0 Å². The van der Waals surface area contributed by atoms with Crippen LogP contribution in [0.3, 0.4) is 0 Å². The van der Waals surface area contributed by atoms with Gasteiger partial charge < -0.3 is 0 Å². The van der Waals surface area contributed by atoms with Crippen LogP contribution in [0.25, 0.3) is 0 Å². The molecule has 1 heterocycles. The van der Waals surface area contributed by atoms with Crippen molar-refractivity contribution in [3.8, 4) is 0 Å². The van der Waals surface area contributed by atoms with E-state index in [4.69, 9.17) is 0 Å². The first-order valence-corrected chi connectivity index (χ1v) is 3.88. The van der Waals surface area contributed by atoms with Gasteiger partial charge in [0.05, 0.1) is 6.20 Å². The quantitative estimate of drug-likeness (QED) is 0.627. The molecule has 0 N–H and O–H groups in total. The smallest absolute Gasteiger partial charge is 0.266 e. The zero-order valence-corrected chi connectivity index (χ0v) is 7.16. The van der Waals surface area contributed by atoms with E-state index < -0.39 is 0 Å². The number of allylic oxidation sites excluding steroid dienone is 1. The van der Waals surface area contributed by atoms with Crippen LogP contribution in [0.15, 0.2) is 29.7 Å². The summed E-state index contributed by atoms with van der Waals surface area (Å²) in [4.78, 5) is 11.2. The molecule has 0 aliphatic heterocycles. The van der Waals surface area contributed by atoms with E-state index in [0.717, 1.165) is 12.0 Å². The fourth-order valence-corrected chi connectivity index (χ4v) is 0.906. The zero-order chi connectivity index (χ0) is 8.97. The molecule has 0 atom stereocenters. The summed E-state index contributed by atoms with van der Waals surface area (Å²) < 4.78 is 1.44. The predicted molar refractivity (Wildman–Crippen MR) is 48.0 cm³/mol. The molecule has 0 radical (unpaired) electrons. The number of aromatic nitrogens is 2. The molecule has 1 rings (SSSR count). The average molecular weight is 164 g/mol. The molecule has 0 saturated heterocycles. The van der Waals surface area contributed by atoms with Crippen LogP contribution in [0.4, 0.5) is 0 Å². The van der Waals surface area contributed by atoms with Crippen molar-refractivity contribution in [1.82, 2.24) is 9.78 Å². The lowest BCUT2D eigenvalue weighted by molar-refractivity contribution is 0.583. The molecule has 0 saturated carbocycles. The Kier molecular flexibility index (Phi) is 2.80. The first-order valence-electron chi connectivity index (χ1n) is 3.88. The van der Waals surface area contributed by atoms with Crippen LogP contribution >= 0.6 is 0 Å². The van der Waals surface area contributed by atoms with E-state index in [1.54, 1.807) is 18.3 Å². The van der Waals surface area contributed by atoms with Gasteiger partial charge in [0, 0.05) is 12.6 Å². The number of hydrogen-bond acceptors (Lipinski definition) is 2. The second-order valence-electron chi connectivity index (χ2n) is 2.67. The van der Waals surface area contributed by atoms with Crippen molar-refractivity contribution in [2.45, 2.75) is 19.9 Å². The van der Waals surface area contributed by atoms with E-state index in [9.17, 15) is 4.79 Å². The van der Waals surface area contributed by atoms with Crippen molar-refractivity contribution in [2.24, 2.45) is 0 Å². The number of aryl methyl sites for hydroxylation is 2. The molecule has 0 amide bonds. The first-order chi connectivity index (χ1) is 5.74. The van der Waals surface area contributed by atoms with Gasteiger partial charge in [-0.25, -0.2) is 4.68 Å². The normalized spacial score (nSPS) is 9.75. The summed E-state index contributed by atoms with van der Waals surface area (Å²) in [5.74, 6) is 0. The Labute approximate surface area is 71.3 Å². The van der Waals surface area contributed by atoms with Crippen molar-refractivity contribution in [2.75, 3.05) is 0 Å². The molecule has 3 nitrogen and oxygen atoms in total. The van der Waals surface area contributed by atoms with E-state index in [-0.39, 0.29) is 5.56 Å². The molecule has 12 heavy (non-hydrogen) atoms. The Bertz CT molecular complexity index is 328. The Balaban J connectivity index is 2.86. The van der Waals surface area contributed by atoms with Crippen molar-refractivity contribution >= 4 is 0 Å². The highest BCUT2D eigenvalue weighted by Gasteiger charge is 1.94. The Morgan fingerprint density at radius 3 is 3.08 bits per heavy atom. The van der Waals surface area contributed by atoms with E-state index in [1.165, 1.54) is 4.68 Å². The minimum absolute atomic E-state index is 0.0446. The van der Waals surface area contributed by atoms with Gasteiger partial charge in [-0.3, -0.25) is 4.79 Å². The van der Waals surface area contributed by atoms with Gasteiger partial charge in [-0.05, 0) is 18.9 Å². The highest BCUT2D eigenvalue weighted by molar-refractivity contribution is 5.02. The molecule has 0 aliphatic carbocycles. The molecule has 0 spiro atoms. The highest BCUT2D eigenvalue weighted by atomic mass is 16.1. The lowest BCUT2D eigenvalue weighted by Crippen LogP contribution is -2.21. The molecular weight excluding hydrogens is 152 g/mol. The molecule has 64 valence electrons. The first kappa shape index (κ1) is 8.71. The maximum absolute atomic E-state index is 11.2. The summed E-state index contributed by atoms with van der Waals surface area (Å²) in [7, 11) is 0. The minimum atomic E-state index is -0.0446. The summed E-state index contributed by atoms with van der Waals surface area (Å²) in [5, 5.41) is 3.97. The van der Waals surface area contributed by atoms with E-state index in [2.05, 4.69) is 11.7 Å². The SMILES string of the molecule is C=CCCn1ncc(C)cc1=O. The molecule has 0 fully saturated rings. The maximum Gasteiger partial charge on any atom is 0.266 e. The van der Waals surface area contributed by atoms with Gasteiger partial charge in [-0.1, -0.05) is 6.08 Å². The largest absolute Gasteiger partial charge is 0.268 e. The average Bonchev–Trinajstić information content (AvgIpc) is 2.03. The Hall–Kier alpha value is -1.38. The van der Waals surface area contributed by atoms with Crippen LogP contribution < -0.4 is 5.56 Å². The van der Waals surface area contributed by atoms with Gasteiger partial charge in [0.1, 0.15) is 0 Å². The van der Waals surface area contributed by atoms with Gasteiger partial charge in [-0.15, -0.1) is 6.58 Å². The van der Waals surface area contributed by atoms with Crippen molar-refractivity contribution in [3.63, 3.8) is 0 Å². The monoisotopic (exact) mass is 164 g/mol. The zero-order valence-electron chi connectivity index (χ0n) is 7.16. The summed E-state index contributed by atoms with van der Waals surface area (Å²) in [6.45, 7) is 6.05. The topological polar surface area (TPSA) is 34.9 Å². The van der Waals surface area contributed by atoms with Crippen LogP contribution in [0.2, 0.25) is 0 Å². The van der Waals surface area contributed by atoms with Gasteiger partial charge in [-0.2, -0.15) is 5.10 Å². The van der Waals surface area contributed by atoms with Crippen molar-refractivity contribution in [3.05, 3.63) is 40.8 Å². The fourth-order valence-electron chi connectivity index (χ4n) is 0.906. The molecule has 0 unspecified atom stereocenters. The predicted octanol–water partition coefficient (Wildman–Crippen LogP) is 1.13. The number of hydrogen-bond donors (Lipinski definition) is 0. The second kappa shape index (κ2) is 3.85. The summed E-state index contributed by atoms with van der Waals surface area (Å²) in [5.41, 5.74) is 0.853. The van der Waals surface area contributed by atoms with Crippen LogP contribution in [0.1, 0.15) is 12.0 Å². The number of nitrogens with zero attached hydrogens (tertiary/aromatic N) is 2. The van der Waals surface area contributed by atoms with Crippen molar-refractivity contribution in [1.29, 1.82) is 0 Å². The summed E-state index contributed by atoms with van der Waals surface area (Å²) >= 11 is 0. The fraction of sp³-hybridized carbons (Fsp3) is 0.333. The van der Waals surface area contributed by atoms with E-state index >= 15 is 0 Å². The molecule has 3 heteroatoms. The lowest BCUT2D eigenvalue weighted by Gasteiger charge is -2.00. The molecule has 0 aromatic carbocycles. The summed E-state index contributed by atoms with van der Waals surface area (Å²) in [6, 6.07) is 1.58. The molecular formula is C9H12N2O. The standard InChI is InChI=1S/C9H12N2O/c1-3-4-5-11-9(12)6-8(2)7-10-11/h3,6-7H,1,4-5H2,2H3. The third-order valence-electron chi connectivity index (χ3n) is 1.55. The van der Waals surface area contributed by atoms with Crippen LogP contribution in [-0.4, -0.2) is 9.78 Å². The third kappa shape index (κ3) is 2.05. The van der Waals surface area contributed by atoms with Crippen LogP contribution in [0, 0.1) is 6.92 Å². The van der Waals surface area contributed by atoms with Gasteiger partial charge >= 0.3 is 0 Å². The minimum Gasteiger partial charge on any atom is -0.268 e. The Morgan fingerprint density at radius 1 is 1.75 bits per heavy atom. The molecule has 0 aliphatic rings. The third-order valence-corrected chi connectivity index (χ3v) is 1.55. The van der Waals surface area contributed by atoms with Crippen LogP contribution in [0.5, 0.6) is 0 Å². The van der Waals surface area contributed by atoms with Crippen LogP contribution in [-0.2, 0) is 6.54 Å². The molecule has 1 aromatic rings. The highest BCUT2D eigenvalue weighted by Crippen LogP contribution is 1.88. The van der Waals surface area contributed by atoms with Gasteiger partial charge in [0.25, 0.3) is 5.56 Å². The lowest BCUT2D eigenvalue weighted by atomic mass is 10.3. The van der Waals surface area contributed by atoms with Gasteiger partial charge in [0.2, 0.25) is 0 Å². The van der Waals surface area contributed by atoms with Crippen molar-refractivity contribution < 1.29 is 0 Å². The van der Waals surface area contributed by atoms with E-state index in [0.29, 0.717) is 6.54 Å². The van der Waals surface area contributed by atoms with E-state index in [1.807, 2.05) is 6.92 Å². The number of rotatable bonds is 3.